The minimum absolute atomic E-state index is 0.0196. The summed E-state index contributed by atoms with van der Waals surface area (Å²) in [5, 5.41) is 68.6. The van der Waals surface area contributed by atoms with Gasteiger partial charge < -0.3 is 30.3 Å². The Kier molecular flexibility index (Phi) is 10.8. The molecule has 0 radical (unpaired) electrons. The number of carbonyl (C=O) groups excluding carboxylic acids is 1. The molecule has 1 saturated heterocycles. The summed E-state index contributed by atoms with van der Waals surface area (Å²) in [6, 6.07) is 18.4. The molecular weight excluding hydrogens is 594 g/mol. The van der Waals surface area contributed by atoms with Crippen molar-refractivity contribution in [1.82, 2.24) is 0 Å². The molecule has 1 heterocycles. The van der Waals surface area contributed by atoms with Gasteiger partial charge in [0.1, 0.15) is 24.4 Å². The van der Waals surface area contributed by atoms with Gasteiger partial charge in [-0.05, 0) is 60.0 Å². The fourth-order valence-electron chi connectivity index (χ4n) is 4.21. The van der Waals surface area contributed by atoms with Crippen LogP contribution >= 0.6 is 11.6 Å². The zero-order chi connectivity index (χ0) is 31.2. The Labute approximate surface area is 246 Å². The smallest absolute Gasteiger partial charge is 0.372 e. The fourth-order valence-corrected chi connectivity index (χ4v) is 5.03. The van der Waals surface area contributed by atoms with Gasteiger partial charge in [-0.2, -0.15) is 10.5 Å². The predicted molar refractivity (Wildman–Crippen MR) is 147 cm³/mol. The van der Waals surface area contributed by atoms with E-state index in [0.29, 0.717) is 16.1 Å². The van der Waals surface area contributed by atoms with Crippen molar-refractivity contribution in [2.24, 2.45) is 0 Å². The summed E-state index contributed by atoms with van der Waals surface area (Å²) in [6.45, 7) is -0.705. The lowest BCUT2D eigenvalue weighted by Crippen LogP contribution is -2.63. The molecule has 3 aromatic carbocycles. The molecule has 224 valence electrons. The Morgan fingerprint density at radius 3 is 2.29 bits per heavy atom. The minimum Gasteiger partial charge on any atom is -0.394 e. The summed E-state index contributed by atoms with van der Waals surface area (Å²) in [4.78, 5) is 14.3. The lowest BCUT2D eigenvalue weighted by atomic mass is 9.86. The van der Waals surface area contributed by atoms with Gasteiger partial charge in [0, 0.05) is 16.8 Å². The molecule has 0 saturated carbocycles. The molecule has 5 atom stereocenters. The number of sulfone groups is 1. The Hall–Kier alpha value is -3.42. The number of halogens is 1. The van der Waals surface area contributed by atoms with Gasteiger partial charge in [-0.25, -0.2) is 13.2 Å². The summed E-state index contributed by atoms with van der Waals surface area (Å²) < 4.78 is 28.6. The lowest BCUT2D eigenvalue weighted by molar-refractivity contribution is -0.357. The first-order valence-corrected chi connectivity index (χ1v) is 14.5. The van der Waals surface area contributed by atoms with E-state index < -0.39 is 52.6 Å². The number of nitriles is 1. The number of hydrogen-bond donors (Lipinski definition) is 6. The third-order valence-corrected chi connectivity index (χ3v) is 7.86. The fraction of sp³-hybridized carbons (Fsp3) is 0.286. The number of ether oxygens (including phenoxy) is 1. The summed E-state index contributed by atoms with van der Waals surface area (Å²) in [5.74, 6) is -3.25. The Morgan fingerprint density at radius 2 is 1.74 bits per heavy atom. The highest BCUT2D eigenvalue weighted by Gasteiger charge is 2.53. The summed E-state index contributed by atoms with van der Waals surface area (Å²) >= 11 is 5.56. The van der Waals surface area contributed by atoms with Crippen molar-refractivity contribution < 1.29 is 53.6 Å². The Balaban J connectivity index is 0.000000369. The molecule has 12 nitrogen and oxygen atoms in total. The number of aliphatic hydroxyl groups excluding tert-OH is 4. The number of aliphatic hydroxyl groups is 5. The number of rotatable bonds is 6. The van der Waals surface area contributed by atoms with Crippen LogP contribution in [0.5, 0.6) is 0 Å². The van der Waals surface area contributed by atoms with Gasteiger partial charge in [0.05, 0.1) is 28.7 Å². The van der Waals surface area contributed by atoms with E-state index in [0.717, 1.165) is 6.26 Å². The van der Waals surface area contributed by atoms with Crippen molar-refractivity contribution in [2.45, 2.75) is 41.5 Å². The highest BCUT2D eigenvalue weighted by Crippen LogP contribution is 2.37. The summed E-state index contributed by atoms with van der Waals surface area (Å²) in [6.07, 6.45) is -5.33. The second-order valence-corrected chi connectivity index (χ2v) is 11.9. The van der Waals surface area contributed by atoms with E-state index in [1.807, 2.05) is 6.07 Å². The van der Waals surface area contributed by atoms with Crippen LogP contribution in [-0.2, 0) is 31.7 Å². The van der Waals surface area contributed by atoms with Gasteiger partial charge in [0.15, 0.2) is 9.84 Å². The van der Waals surface area contributed by atoms with Crippen LogP contribution in [0.2, 0.25) is 5.02 Å². The SMILES string of the molecule is CS(=O)(=O)c1ccc(Cc2cc([C@@]3(O)O[C@H](CO)[C@@H](O)[C@H](O)[C@H]3O)ccc2C#N)cc1.O=C(OO)c1cccc(Cl)c1. The number of nitrogens with zero attached hydrogens (tertiary/aromatic N) is 1. The standard InChI is InChI=1S/C21H23NO8S.C7H5ClO3/c1-31(28,29)16-6-2-12(3-7-16)8-14-9-15(5-4-13(14)10-22)21(27)20(26)19(25)18(24)17(11-23)30-21;8-6-3-1-2-5(4-6)7(9)11-10/h2-7,9,17-20,23-27H,8,11H2,1H3;1-4,10H/t17-,18-,19+,20-,21-;/m1./s1. The van der Waals surface area contributed by atoms with Crippen LogP contribution in [0.3, 0.4) is 0 Å². The quantitative estimate of drug-likeness (QED) is 0.169. The molecule has 42 heavy (non-hydrogen) atoms. The van der Waals surface area contributed by atoms with E-state index >= 15 is 0 Å². The lowest BCUT2D eigenvalue weighted by Gasteiger charge is -2.45. The second kappa shape index (κ2) is 13.7. The van der Waals surface area contributed by atoms with Crippen LogP contribution in [0.15, 0.2) is 71.6 Å². The van der Waals surface area contributed by atoms with Gasteiger partial charge in [-0.15, -0.1) is 0 Å². The zero-order valence-corrected chi connectivity index (χ0v) is 23.6. The molecule has 1 aliphatic rings. The van der Waals surface area contributed by atoms with Crippen LogP contribution in [0, 0.1) is 11.3 Å². The van der Waals surface area contributed by atoms with Crippen molar-refractivity contribution in [2.75, 3.05) is 12.9 Å². The highest BCUT2D eigenvalue weighted by atomic mass is 35.5. The molecule has 6 N–H and O–H groups in total. The molecule has 0 unspecified atom stereocenters. The van der Waals surface area contributed by atoms with E-state index in [1.54, 1.807) is 24.3 Å². The van der Waals surface area contributed by atoms with Gasteiger partial charge >= 0.3 is 5.97 Å². The van der Waals surface area contributed by atoms with Crippen LogP contribution in [0.1, 0.15) is 32.6 Å². The average Bonchev–Trinajstić information content (AvgIpc) is 2.97. The Bertz CT molecular complexity index is 1560. The van der Waals surface area contributed by atoms with Crippen molar-refractivity contribution in [1.29, 1.82) is 5.26 Å². The number of benzene rings is 3. The maximum absolute atomic E-state index is 11.6. The first kappa shape index (κ1) is 33.1. The van der Waals surface area contributed by atoms with Crippen molar-refractivity contribution in [3.8, 4) is 6.07 Å². The van der Waals surface area contributed by atoms with Crippen LogP contribution in [0.25, 0.3) is 0 Å². The zero-order valence-electron chi connectivity index (χ0n) is 22.0. The molecule has 14 heteroatoms. The van der Waals surface area contributed by atoms with Gasteiger partial charge in [-0.1, -0.05) is 35.9 Å². The summed E-state index contributed by atoms with van der Waals surface area (Å²) in [5.41, 5.74) is 1.68. The maximum atomic E-state index is 11.6. The largest absolute Gasteiger partial charge is 0.394 e. The molecular formula is C28H28ClNO11S. The molecule has 3 aromatic rings. The number of hydrogen-bond acceptors (Lipinski definition) is 12. The molecule has 4 rings (SSSR count). The molecule has 0 aliphatic carbocycles. The molecule has 0 aromatic heterocycles. The first-order chi connectivity index (χ1) is 19.7. The van der Waals surface area contributed by atoms with Gasteiger partial charge in [0.25, 0.3) is 0 Å². The molecule has 1 aliphatic heterocycles. The second-order valence-electron chi connectivity index (χ2n) is 9.43. The molecule has 1 fully saturated rings. The average molecular weight is 622 g/mol. The topological polar surface area (TPSA) is 215 Å². The Morgan fingerprint density at radius 1 is 1.07 bits per heavy atom. The molecule has 0 amide bonds. The van der Waals surface area contributed by atoms with Crippen molar-refractivity contribution in [3.05, 3.63) is 99.6 Å². The maximum Gasteiger partial charge on any atom is 0.372 e. The van der Waals surface area contributed by atoms with E-state index in [1.165, 1.54) is 42.5 Å². The normalized spacial score (nSPS) is 23.7. The van der Waals surface area contributed by atoms with Crippen molar-refractivity contribution >= 4 is 27.4 Å². The van der Waals surface area contributed by atoms with E-state index in [9.17, 15) is 44.0 Å². The molecule has 0 bridgehead atoms. The monoisotopic (exact) mass is 621 g/mol. The molecule has 0 spiro atoms. The third kappa shape index (κ3) is 7.50. The van der Waals surface area contributed by atoms with Gasteiger partial charge in [-0.3, -0.25) is 4.89 Å². The van der Waals surface area contributed by atoms with Crippen LogP contribution in [0.4, 0.5) is 0 Å². The minimum atomic E-state index is -3.35. The van der Waals surface area contributed by atoms with Gasteiger partial charge in [0.2, 0.25) is 5.79 Å². The van der Waals surface area contributed by atoms with Crippen LogP contribution < -0.4 is 0 Å². The number of carbonyl (C=O) groups is 1. The first-order valence-electron chi connectivity index (χ1n) is 12.2. The summed E-state index contributed by atoms with van der Waals surface area (Å²) in [7, 11) is -3.35. The highest BCUT2D eigenvalue weighted by molar-refractivity contribution is 7.90. The van der Waals surface area contributed by atoms with E-state index in [-0.39, 0.29) is 28.0 Å². The third-order valence-electron chi connectivity index (χ3n) is 6.49. The predicted octanol–water partition coefficient (Wildman–Crippen LogP) is 1.14. The van der Waals surface area contributed by atoms with E-state index in [2.05, 4.69) is 4.89 Å². The van der Waals surface area contributed by atoms with Crippen LogP contribution in [-0.4, -0.2) is 82.5 Å². The van der Waals surface area contributed by atoms with E-state index in [4.69, 9.17) is 21.6 Å². The van der Waals surface area contributed by atoms with Crippen molar-refractivity contribution in [3.63, 3.8) is 0 Å².